The molecule has 1 aromatic heterocycles. The first kappa shape index (κ1) is 15.6. The lowest BCUT2D eigenvalue weighted by Gasteiger charge is -2.31. The van der Waals surface area contributed by atoms with Gasteiger partial charge >= 0.3 is 0 Å². The van der Waals surface area contributed by atoms with Crippen molar-refractivity contribution in [2.45, 2.75) is 18.9 Å². The molecule has 1 aromatic carbocycles. The Balaban J connectivity index is 1.67. The molecule has 0 radical (unpaired) electrons. The van der Waals surface area contributed by atoms with Gasteiger partial charge in [0, 0.05) is 37.2 Å². The van der Waals surface area contributed by atoms with Gasteiger partial charge in [-0.25, -0.2) is 0 Å². The van der Waals surface area contributed by atoms with Crippen molar-refractivity contribution < 1.29 is 14.7 Å². The quantitative estimate of drug-likeness (QED) is 0.894. The van der Waals surface area contributed by atoms with Crippen molar-refractivity contribution in [2.24, 2.45) is 0 Å². The molecule has 2 amide bonds. The molecule has 0 unspecified atom stereocenters. The maximum atomic E-state index is 12.6. The Morgan fingerprint density at radius 2 is 2.00 bits per heavy atom. The van der Waals surface area contributed by atoms with Gasteiger partial charge in [-0.2, -0.15) is 0 Å². The van der Waals surface area contributed by atoms with Crippen LogP contribution < -0.4 is 0 Å². The molecule has 0 saturated carbocycles. The summed E-state index contributed by atoms with van der Waals surface area (Å²) in [5.74, 6) is -0.250. The molecule has 122 valence electrons. The number of piperidine rings is 1. The molecule has 1 saturated heterocycles. The fourth-order valence-corrected chi connectivity index (χ4v) is 2.94. The predicted molar refractivity (Wildman–Crippen MR) is 87.1 cm³/mol. The van der Waals surface area contributed by atoms with Crippen molar-refractivity contribution in [3.8, 4) is 0 Å². The molecular formula is C17H21N3O3. The molecule has 2 N–H and O–H groups in total. The molecular weight excluding hydrogens is 294 g/mol. The van der Waals surface area contributed by atoms with Crippen molar-refractivity contribution in [1.82, 2.24) is 14.8 Å². The number of nitrogens with zero attached hydrogens (tertiary/aromatic N) is 2. The fraction of sp³-hybridized carbons (Fsp3) is 0.412. The second-order valence-electron chi connectivity index (χ2n) is 6.02. The third-order valence-corrected chi connectivity index (χ3v) is 4.36. The van der Waals surface area contributed by atoms with Crippen LogP contribution in [0.25, 0.3) is 10.9 Å². The molecule has 1 aliphatic rings. The van der Waals surface area contributed by atoms with Gasteiger partial charge in [0.05, 0.1) is 18.2 Å². The number of para-hydroxylation sites is 1. The molecule has 6 nitrogen and oxygen atoms in total. The fourth-order valence-electron chi connectivity index (χ4n) is 2.94. The first-order chi connectivity index (χ1) is 11.1. The van der Waals surface area contributed by atoms with E-state index in [1.807, 2.05) is 24.3 Å². The molecule has 1 fully saturated rings. The van der Waals surface area contributed by atoms with Crippen molar-refractivity contribution in [3.05, 3.63) is 36.0 Å². The first-order valence-corrected chi connectivity index (χ1v) is 7.83. The monoisotopic (exact) mass is 315 g/mol. The lowest BCUT2D eigenvalue weighted by atomic mass is 10.1. The summed E-state index contributed by atoms with van der Waals surface area (Å²) >= 11 is 0. The number of benzene rings is 1. The Labute approximate surface area is 134 Å². The van der Waals surface area contributed by atoms with Gasteiger partial charge in [0.15, 0.2) is 0 Å². The lowest BCUT2D eigenvalue weighted by molar-refractivity contribution is -0.133. The van der Waals surface area contributed by atoms with Gasteiger partial charge in [0.25, 0.3) is 5.91 Å². The van der Waals surface area contributed by atoms with Gasteiger partial charge in [0.2, 0.25) is 5.91 Å². The van der Waals surface area contributed by atoms with Gasteiger partial charge < -0.3 is 19.9 Å². The second kappa shape index (κ2) is 6.42. The third kappa shape index (κ3) is 3.22. The van der Waals surface area contributed by atoms with Crippen LogP contribution in [0.2, 0.25) is 0 Å². The van der Waals surface area contributed by atoms with Crippen LogP contribution in [0.15, 0.2) is 30.5 Å². The lowest BCUT2D eigenvalue weighted by Crippen LogP contribution is -2.45. The zero-order valence-corrected chi connectivity index (χ0v) is 13.2. The molecule has 0 atom stereocenters. The summed E-state index contributed by atoms with van der Waals surface area (Å²) in [6.45, 7) is 1.15. The average Bonchev–Trinajstić information content (AvgIpc) is 2.98. The summed E-state index contributed by atoms with van der Waals surface area (Å²) in [6.07, 6.45) is 2.58. The van der Waals surface area contributed by atoms with E-state index in [1.54, 1.807) is 18.1 Å². The van der Waals surface area contributed by atoms with Crippen molar-refractivity contribution >= 4 is 22.7 Å². The van der Waals surface area contributed by atoms with Crippen molar-refractivity contribution in [3.63, 3.8) is 0 Å². The Kier molecular flexibility index (Phi) is 4.34. The Morgan fingerprint density at radius 1 is 1.30 bits per heavy atom. The van der Waals surface area contributed by atoms with Crippen LogP contribution >= 0.6 is 0 Å². The van der Waals surface area contributed by atoms with Crippen LogP contribution in [0.4, 0.5) is 0 Å². The summed E-state index contributed by atoms with van der Waals surface area (Å²) in [5.41, 5.74) is 1.48. The number of nitrogens with one attached hydrogen (secondary N) is 1. The Bertz CT molecular complexity index is 717. The maximum absolute atomic E-state index is 12.6. The summed E-state index contributed by atoms with van der Waals surface area (Å²) in [6, 6.07) is 7.60. The van der Waals surface area contributed by atoms with E-state index in [9.17, 15) is 14.7 Å². The van der Waals surface area contributed by atoms with Crippen molar-refractivity contribution in [1.29, 1.82) is 0 Å². The first-order valence-electron chi connectivity index (χ1n) is 7.83. The zero-order chi connectivity index (χ0) is 16.4. The van der Waals surface area contributed by atoms with E-state index >= 15 is 0 Å². The normalized spacial score (nSPS) is 15.8. The highest BCUT2D eigenvalue weighted by Gasteiger charge is 2.24. The summed E-state index contributed by atoms with van der Waals surface area (Å²) < 4.78 is 0. The summed E-state index contributed by atoms with van der Waals surface area (Å²) in [5, 5.41) is 10.4. The molecule has 2 aromatic rings. The largest absolute Gasteiger partial charge is 0.393 e. The third-order valence-electron chi connectivity index (χ3n) is 4.36. The highest BCUT2D eigenvalue weighted by molar-refractivity contribution is 6.07. The van der Waals surface area contributed by atoms with E-state index < -0.39 is 0 Å². The highest BCUT2D eigenvalue weighted by Crippen LogP contribution is 2.19. The smallest absolute Gasteiger partial charge is 0.256 e. The number of likely N-dealkylation sites (N-methyl/N-ethyl adjacent to an activating group) is 1. The number of H-pyrrole nitrogens is 1. The number of aromatic nitrogens is 1. The van der Waals surface area contributed by atoms with E-state index in [1.165, 1.54) is 4.90 Å². The molecule has 3 rings (SSSR count). The summed E-state index contributed by atoms with van der Waals surface area (Å²) in [7, 11) is 1.64. The van der Waals surface area contributed by atoms with Gasteiger partial charge in [-0.05, 0) is 18.9 Å². The second-order valence-corrected chi connectivity index (χ2v) is 6.02. The standard InChI is InChI=1S/C17H21N3O3/c1-19(11-16(22)20-8-6-12(21)7-9-20)17(23)14-10-18-15-5-3-2-4-13(14)15/h2-5,10,12,18,21H,6-9,11H2,1H3. The van der Waals surface area contributed by atoms with Gasteiger partial charge in [-0.3, -0.25) is 9.59 Å². The number of hydrogen-bond acceptors (Lipinski definition) is 3. The van der Waals surface area contributed by atoms with Gasteiger partial charge in [0.1, 0.15) is 0 Å². The van der Waals surface area contributed by atoms with Gasteiger partial charge in [-0.15, -0.1) is 0 Å². The molecule has 0 aliphatic carbocycles. The number of aliphatic hydroxyl groups excluding tert-OH is 1. The topological polar surface area (TPSA) is 76.6 Å². The highest BCUT2D eigenvalue weighted by atomic mass is 16.3. The van der Waals surface area contributed by atoms with Crippen LogP contribution in [-0.4, -0.2) is 64.5 Å². The van der Waals surface area contributed by atoms with E-state index in [-0.39, 0.29) is 24.5 Å². The van der Waals surface area contributed by atoms with E-state index in [4.69, 9.17) is 0 Å². The number of likely N-dealkylation sites (tertiary alicyclic amines) is 1. The SMILES string of the molecule is CN(CC(=O)N1CCC(O)CC1)C(=O)c1c[nH]c2ccccc12. The molecule has 1 aliphatic heterocycles. The minimum atomic E-state index is -0.315. The van der Waals surface area contributed by atoms with Crippen LogP contribution in [0.5, 0.6) is 0 Å². The minimum absolute atomic E-state index is 0.0500. The van der Waals surface area contributed by atoms with Crippen LogP contribution in [0, 0.1) is 0 Å². The zero-order valence-electron chi connectivity index (χ0n) is 13.2. The van der Waals surface area contributed by atoms with E-state index in [0.29, 0.717) is 31.5 Å². The number of carbonyl (C=O) groups is 2. The minimum Gasteiger partial charge on any atom is -0.393 e. The van der Waals surface area contributed by atoms with E-state index in [0.717, 1.165) is 10.9 Å². The van der Waals surface area contributed by atoms with Gasteiger partial charge in [-0.1, -0.05) is 18.2 Å². The molecule has 0 bridgehead atoms. The van der Waals surface area contributed by atoms with E-state index in [2.05, 4.69) is 4.98 Å². The molecule has 0 spiro atoms. The number of carbonyl (C=O) groups excluding carboxylic acids is 2. The molecule has 2 heterocycles. The predicted octanol–water partition coefficient (Wildman–Crippen LogP) is 1.22. The summed E-state index contributed by atoms with van der Waals surface area (Å²) in [4.78, 5) is 31.1. The number of aliphatic hydroxyl groups is 1. The van der Waals surface area contributed by atoms with Crippen LogP contribution in [-0.2, 0) is 4.79 Å². The van der Waals surface area contributed by atoms with Crippen LogP contribution in [0.3, 0.4) is 0 Å². The molecule has 6 heteroatoms. The number of amides is 2. The van der Waals surface area contributed by atoms with Crippen LogP contribution in [0.1, 0.15) is 23.2 Å². The Hall–Kier alpha value is -2.34. The Morgan fingerprint density at radius 3 is 2.74 bits per heavy atom. The number of rotatable bonds is 3. The number of aromatic amines is 1. The average molecular weight is 315 g/mol. The van der Waals surface area contributed by atoms with Crippen molar-refractivity contribution in [2.75, 3.05) is 26.7 Å². The molecule has 23 heavy (non-hydrogen) atoms. The maximum Gasteiger partial charge on any atom is 0.256 e. The number of hydrogen-bond donors (Lipinski definition) is 2. The number of fused-ring (bicyclic) bond motifs is 1.